The van der Waals surface area contributed by atoms with Crippen LogP contribution >= 0.6 is 33.9 Å². The van der Waals surface area contributed by atoms with Gasteiger partial charge in [0.05, 0.1) is 0 Å². The Balaban J connectivity index is 1.72. The Morgan fingerprint density at radius 2 is 0.941 bits per heavy atom. The highest BCUT2D eigenvalue weighted by Crippen LogP contribution is 2.40. The lowest BCUT2D eigenvalue weighted by Crippen LogP contribution is -1.97. The predicted molar refractivity (Wildman–Crippen MR) is 156 cm³/mol. The molecule has 0 fully saturated rings. The molecule has 6 rings (SSSR count). The molecule has 0 aliphatic carbocycles. The monoisotopic (exact) mass is 564 g/mol. The van der Waals surface area contributed by atoms with E-state index in [0.717, 1.165) is 0 Å². The lowest BCUT2D eigenvalue weighted by atomic mass is 9.85. The maximum atomic E-state index is 2.38. The highest BCUT2D eigenvalue weighted by molar-refractivity contribution is 14.1. The Morgan fingerprint density at radius 1 is 0.441 bits per heavy atom. The normalized spacial score (nSPS) is 11.1. The first kappa shape index (κ1) is 21.3. The van der Waals surface area contributed by atoms with Crippen molar-refractivity contribution in [3.63, 3.8) is 0 Å². The van der Waals surface area contributed by atoms with Crippen LogP contribution in [0.5, 0.6) is 0 Å². The van der Waals surface area contributed by atoms with Gasteiger partial charge in [0.1, 0.15) is 0 Å². The van der Waals surface area contributed by atoms with E-state index in [1.807, 2.05) is 11.3 Å². The summed E-state index contributed by atoms with van der Waals surface area (Å²) in [5.74, 6) is 0. The third kappa shape index (κ3) is 3.97. The summed E-state index contributed by atoms with van der Waals surface area (Å²) in [6.45, 7) is 0. The van der Waals surface area contributed by atoms with Crippen LogP contribution < -0.4 is 0 Å². The van der Waals surface area contributed by atoms with E-state index in [4.69, 9.17) is 0 Å². The van der Waals surface area contributed by atoms with Crippen molar-refractivity contribution in [2.45, 2.75) is 0 Å². The predicted octanol–water partition coefficient (Wildman–Crippen LogP) is 9.67. The van der Waals surface area contributed by atoms with E-state index < -0.39 is 0 Å². The van der Waals surface area contributed by atoms with Crippen molar-refractivity contribution in [1.82, 2.24) is 0 Å². The van der Waals surface area contributed by atoms with Gasteiger partial charge in [-0.1, -0.05) is 97.1 Å². The van der Waals surface area contributed by atoms with E-state index in [9.17, 15) is 0 Å². The zero-order valence-corrected chi connectivity index (χ0v) is 21.4. The minimum absolute atomic E-state index is 1.22. The van der Waals surface area contributed by atoms with Crippen LogP contribution in [0.1, 0.15) is 22.3 Å². The highest BCUT2D eigenvalue weighted by Gasteiger charge is 2.17. The zero-order valence-electron chi connectivity index (χ0n) is 18.4. The number of fused-ring (bicyclic) bond motifs is 3. The second kappa shape index (κ2) is 9.21. The third-order valence-corrected chi connectivity index (χ3v) is 8.04. The smallest absolute Gasteiger partial charge is 0.0355 e. The van der Waals surface area contributed by atoms with Crippen LogP contribution in [0.15, 0.2) is 127 Å². The number of hydrogen-bond donors (Lipinski definition) is 0. The van der Waals surface area contributed by atoms with Gasteiger partial charge in [-0.05, 0) is 86.3 Å². The van der Waals surface area contributed by atoms with Gasteiger partial charge in [0.25, 0.3) is 0 Å². The molecule has 0 saturated heterocycles. The van der Waals surface area contributed by atoms with Crippen LogP contribution in [-0.4, -0.2) is 0 Å². The first-order valence-corrected chi connectivity index (χ1v) is 13.2. The molecule has 6 aromatic rings. The SMILES string of the molecule is Ic1ccc(C(=C(c2ccccc2)c2ccccc2)c2ccc3sc4ccccc4c3c2)cc1. The summed E-state index contributed by atoms with van der Waals surface area (Å²) in [6, 6.07) is 46.1. The molecule has 0 N–H and O–H groups in total. The fraction of sp³-hybridized carbons (Fsp3) is 0. The number of benzene rings is 5. The van der Waals surface area contributed by atoms with Gasteiger partial charge in [-0.3, -0.25) is 0 Å². The Morgan fingerprint density at radius 3 is 1.62 bits per heavy atom. The molecule has 0 aliphatic rings. The second-order valence-corrected chi connectivity index (χ2v) is 10.6. The Hall–Kier alpha value is -3.21. The topological polar surface area (TPSA) is 0 Å². The first-order chi connectivity index (χ1) is 16.8. The maximum absolute atomic E-state index is 2.38. The molecule has 0 bridgehead atoms. The lowest BCUT2D eigenvalue weighted by molar-refractivity contribution is 1.50. The van der Waals surface area contributed by atoms with E-state index in [-0.39, 0.29) is 0 Å². The van der Waals surface area contributed by atoms with Crippen LogP contribution in [0.3, 0.4) is 0 Å². The van der Waals surface area contributed by atoms with Crippen LogP contribution in [0, 0.1) is 3.57 Å². The van der Waals surface area contributed by atoms with Crippen molar-refractivity contribution in [2.75, 3.05) is 0 Å². The maximum Gasteiger partial charge on any atom is 0.0355 e. The van der Waals surface area contributed by atoms with Crippen LogP contribution in [0.2, 0.25) is 0 Å². The van der Waals surface area contributed by atoms with Crippen molar-refractivity contribution in [1.29, 1.82) is 0 Å². The molecule has 0 radical (unpaired) electrons. The third-order valence-electron chi connectivity index (χ3n) is 6.17. The van der Waals surface area contributed by atoms with Crippen LogP contribution in [0.4, 0.5) is 0 Å². The van der Waals surface area contributed by atoms with Crippen molar-refractivity contribution in [3.8, 4) is 0 Å². The van der Waals surface area contributed by atoms with Crippen molar-refractivity contribution in [2.24, 2.45) is 0 Å². The van der Waals surface area contributed by atoms with Gasteiger partial charge >= 0.3 is 0 Å². The van der Waals surface area contributed by atoms with E-state index in [1.54, 1.807) is 0 Å². The molecule has 162 valence electrons. The molecule has 0 atom stereocenters. The van der Waals surface area contributed by atoms with Gasteiger partial charge in [0, 0.05) is 23.7 Å². The van der Waals surface area contributed by atoms with Crippen molar-refractivity contribution >= 4 is 65.2 Å². The van der Waals surface area contributed by atoms with Crippen LogP contribution in [0.25, 0.3) is 31.3 Å². The largest absolute Gasteiger partial charge is 0.135 e. The molecule has 0 spiro atoms. The fourth-order valence-electron chi connectivity index (χ4n) is 4.62. The average molecular weight is 564 g/mol. The Kier molecular flexibility index (Phi) is 5.78. The average Bonchev–Trinajstić information content (AvgIpc) is 3.27. The zero-order chi connectivity index (χ0) is 22.9. The summed E-state index contributed by atoms with van der Waals surface area (Å²) in [5.41, 5.74) is 7.41. The van der Waals surface area contributed by atoms with E-state index in [2.05, 4.69) is 150 Å². The molecular formula is C32H21IS. The molecule has 0 aliphatic heterocycles. The summed E-state index contributed by atoms with van der Waals surface area (Å²) in [7, 11) is 0. The highest BCUT2D eigenvalue weighted by atomic mass is 127. The van der Waals surface area contributed by atoms with Gasteiger partial charge in [-0.15, -0.1) is 11.3 Å². The molecule has 5 aromatic carbocycles. The standard InChI is InChI=1S/C32H21IS/c33-26-18-15-24(16-19-26)32(31(22-9-3-1-4-10-22)23-11-5-2-6-12-23)25-17-20-30-28(21-25)27-13-7-8-14-29(27)34-30/h1-21H. The van der Waals surface area contributed by atoms with Crippen molar-refractivity contribution < 1.29 is 0 Å². The Bertz CT molecular complexity index is 1580. The minimum atomic E-state index is 1.22. The quantitative estimate of drug-likeness (QED) is 0.148. The summed E-state index contributed by atoms with van der Waals surface area (Å²) in [5, 5.41) is 2.65. The molecule has 34 heavy (non-hydrogen) atoms. The van der Waals surface area contributed by atoms with E-state index >= 15 is 0 Å². The molecule has 1 heterocycles. The van der Waals surface area contributed by atoms with Gasteiger partial charge in [-0.25, -0.2) is 0 Å². The fourth-order valence-corrected chi connectivity index (χ4v) is 6.06. The number of rotatable bonds is 4. The van der Waals surface area contributed by atoms with Crippen LogP contribution in [-0.2, 0) is 0 Å². The summed E-state index contributed by atoms with van der Waals surface area (Å²) in [4.78, 5) is 0. The molecule has 2 heteroatoms. The number of halogens is 1. The minimum Gasteiger partial charge on any atom is -0.135 e. The summed E-state index contributed by atoms with van der Waals surface area (Å²) >= 11 is 4.24. The summed E-state index contributed by atoms with van der Waals surface area (Å²) < 4.78 is 3.90. The van der Waals surface area contributed by atoms with Gasteiger partial charge in [0.15, 0.2) is 0 Å². The molecule has 1 aromatic heterocycles. The lowest BCUT2D eigenvalue weighted by Gasteiger charge is -2.18. The van der Waals surface area contributed by atoms with Crippen molar-refractivity contribution in [3.05, 3.63) is 153 Å². The summed E-state index contributed by atoms with van der Waals surface area (Å²) in [6.07, 6.45) is 0. The van der Waals surface area contributed by atoms with Gasteiger partial charge in [-0.2, -0.15) is 0 Å². The second-order valence-electron chi connectivity index (χ2n) is 8.30. The van der Waals surface area contributed by atoms with Gasteiger partial charge in [0.2, 0.25) is 0 Å². The number of thiophene rings is 1. The molecule has 0 unspecified atom stereocenters. The first-order valence-electron chi connectivity index (χ1n) is 11.3. The Labute approximate surface area is 217 Å². The molecular weight excluding hydrogens is 543 g/mol. The molecule has 0 saturated carbocycles. The van der Waals surface area contributed by atoms with E-state index in [0.29, 0.717) is 0 Å². The molecule has 0 amide bonds. The number of hydrogen-bond acceptors (Lipinski definition) is 1. The van der Waals surface area contributed by atoms with E-state index in [1.165, 1.54) is 57.1 Å². The van der Waals surface area contributed by atoms with Gasteiger partial charge < -0.3 is 0 Å². The molecule has 0 nitrogen and oxygen atoms in total.